The predicted molar refractivity (Wildman–Crippen MR) is 137 cm³/mol. The van der Waals surface area contributed by atoms with E-state index in [4.69, 9.17) is 0 Å². The summed E-state index contributed by atoms with van der Waals surface area (Å²) in [5, 5.41) is 16.6. The first-order valence-corrected chi connectivity index (χ1v) is 12.5. The molecule has 188 valence electrons. The summed E-state index contributed by atoms with van der Waals surface area (Å²) in [6, 6.07) is 13.3. The second-order valence-corrected chi connectivity index (χ2v) is 9.88. The first-order valence-electron chi connectivity index (χ1n) is 12.5. The topological polar surface area (TPSA) is 129 Å². The monoisotopic (exact) mass is 497 g/mol. The van der Waals surface area contributed by atoms with Crippen molar-refractivity contribution in [2.75, 3.05) is 35.2 Å². The van der Waals surface area contributed by atoms with Crippen molar-refractivity contribution < 1.29 is 14.4 Å². The van der Waals surface area contributed by atoms with Gasteiger partial charge in [0.15, 0.2) is 5.82 Å². The lowest BCUT2D eigenvalue weighted by atomic mass is 9.79. The number of pyridine rings is 1. The van der Waals surface area contributed by atoms with Gasteiger partial charge in [-0.3, -0.25) is 14.4 Å². The number of carbonyl (C=O) groups excluding carboxylic acids is 3. The van der Waals surface area contributed by atoms with Crippen LogP contribution in [0.2, 0.25) is 0 Å². The molecule has 1 unspecified atom stereocenters. The zero-order valence-electron chi connectivity index (χ0n) is 20.2. The maximum atomic E-state index is 12.9. The van der Waals surface area contributed by atoms with Gasteiger partial charge in [0.1, 0.15) is 5.82 Å². The van der Waals surface area contributed by atoms with Crippen LogP contribution in [-0.2, 0) is 32.6 Å². The number of piperidine rings is 1. The number of aromatic nitrogens is 3. The van der Waals surface area contributed by atoms with Crippen molar-refractivity contribution in [1.29, 1.82) is 0 Å². The molecule has 1 aliphatic carbocycles. The van der Waals surface area contributed by atoms with Gasteiger partial charge in [-0.1, -0.05) is 12.1 Å². The third-order valence-corrected chi connectivity index (χ3v) is 7.64. The molecule has 3 N–H and O–H groups in total. The Balaban J connectivity index is 1.02. The molecule has 10 heteroatoms. The van der Waals surface area contributed by atoms with E-state index in [1.807, 2.05) is 42.5 Å². The third kappa shape index (κ3) is 4.28. The Morgan fingerprint density at radius 3 is 2.68 bits per heavy atom. The van der Waals surface area contributed by atoms with Gasteiger partial charge in [-0.25, -0.2) is 4.98 Å². The lowest BCUT2D eigenvalue weighted by molar-refractivity contribution is -0.127. The molecule has 3 amide bonds. The molecule has 1 fully saturated rings. The minimum atomic E-state index is -0.648. The van der Waals surface area contributed by atoms with Gasteiger partial charge in [0, 0.05) is 42.7 Å². The first kappa shape index (κ1) is 23.1. The molecule has 1 atom stereocenters. The van der Waals surface area contributed by atoms with E-state index >= 15 is 0 Å². The van der Waals surface area contributed by atoms with Crippen LogP contribution in [0.25, 0.3) is 0 Å². The molecule has 37 heavy (non-hydrogen) atoms. The molecule has 10 nitrogen and oxygen atoms in total. The molecule has 6 rings (SSSR count). The minimum Gasteiger partial charge on any atom is -0.355 e. The highest BCUT2D eigenvalue weighted by atomic mass is 16.2. The fraction of sp³-hybridized carbons (Fsp3) is 0.333. The van der Waals surface area contributed by atoms with Crippen LogP contribution in [-0.4, -0.2) is 52.5 Å². The van der Waals surface area contributed by atoms with E-state index in [1.54, 1.807) is 12.4 Å². The van der Waals surface area contributed by atoms with Gasteiger partial charge in [-0.05, 0) is 67.1 Å². The fourth-order valence-electron chi connectivity index (χ4n) is 5.69. The van der Waals surface area contributed by atoms with E-state index in [-0.39, 0.29) is 30.2 Å². The number of fused-ring (bicyclic) bond motifs is 3. The number of nitrogens with one attached hydrogen (secondary N) is 3. The molecule has 0 radical (unpaired) electrons. The van der Waals surface area contributed by atoms with Crippen LogP contribution in [0.3, 0.4) is 0 Å². The number of amides is 3. The number of carbonyl (C=O) groups is 3. The van der Waals surface area contributed by atoms with E-state index in [2.05, 4.69) is 36.0 Å². The molecule has 2 aliphatic heterocycles. The average Bonchev–Trinajstić information content (AvgIpc) is 3.44. The van der Waals surface area contributed by atoms with Crippen molar-refractivity contribution in [3.8, 4) is 0 Å². The van der Waals surface area contributed by atoms with Gasteiger partial charge >= 0.3 is 0 Å². The highest BCUT2D eigenvalue weighted by Gasteiger charge is 2.51. The number of rotatable bonds is 5. The summed E-state index contributed by atoms with van der Waals surface area (Å²) in [6.07, 6.45) is 5.87. The highest BCUT2D eigenvalue weighted by Crippen LogP contribution is 2.46. The number of nitrogens with zero attached hydrogens (tertiary/aromatic N) is 4. The molecule has 4 heterocycles. The van der Waals surface area contributed by atoms with Gasteiger partial charge in [0.2, 0.25) is 17.7 Å². The van der Waals surface area contributed by atoms with E-state index in [0.29, 0.717) is 37.2 Å². The Bertz CT molecular complexity index is 1370. The maximum absolute atomic E-state index is 12.9. The Kier molecular flexibility index (Phi) is 5.78. The molecule has 1 aromatic carbocycles. The van der Waals surface area contributed by atoms with Gasteiger partial charge in [-0.15, -0.1) is 5.10 Å². The molecular weight excluding hydrogens is 470 g/mol. The minimum absolute atomic E-state index is 0.0340. The van der Waals surface area contributed by atoms with Gasteiger partial charge in [0.25, 0.3) is 0 Å². The summed E-state index contributed by atoms with van der Waals surface area (Å²) >= 11 is 0. The zero-order chi connectivity index (χ0) is 25.4. The van der Waals surface area contributed by atoms with Crippen molar-refractivity contribution >= 4 is 35.0 Å². The normalized spacial score (nSPS) is 20.3. The van der Waals surface area contributed by atoms with E-state index < -0.39 is 5.41 Å². The van der Waals surface area contributed by atoms with Gasteiger partial charge in [0.05, 0.1) is 12.0 Å². The van der Waals surface area contributed by atoms with E-state index in [9.17, 15) is 14.4 Å². The van der Waals surface area contributed by atoms with Crippen LogP contribution in [0, 0.1) is 5.92 Å². The first-order chi connectivity index (χ1) is 18.0. The van der Waals surface area contributed by atoms with Crippen LogP contribution < -0.4 is 20.9 Å². The summed E-state index contributed by atoms with van der Waals surface area (Å²) in [6.45, 7) is 1.35. The Labute approximate surface area is 213 Å². The van der Waals surface area contributed by atoms with Crippen molar-refractivity contribution in [2.45, 2.75) is 31.1 Å². The summed E-state index contributed by atoms with van der Waals surface area (Å²) < 4.78 is 0. The predicted octanol–water partition coefficient (Wildman–Crippen LogP) is 1.83. The standard InChI is InChI=1S/C27H27N7O3/c35-23(16-29-25(36)17-7-11-34(12-8-17)22-4-2-10-30-33-22)31-20-6-5-18-14-27(15-19(18)13-20)21-3-1-9-28-24(21)32-26(27)37/h1-6,9-10,13,17H,7-8,11-12,14-16H2,(H,29,36)(H,31,35)(H,28,32,37). The summed E-state index contributed by atoms with van der Waals surface area (Å²) in [5.41, 5.74) is 3.05. The van der Waals surface area contributed by atoms with Crippen LogP contribution in [0.15, 0.2) is 54.9 Å². The van der Waals surface area contributed by atoms with Gasteiger partial charge in [-0.2, -0.15) is 5.10 Å². The smallest absolute Gasteiger partial charge is 0.243 e. The molecular formula is C27H27N7O3. The maximum Gasteiger partial charge on any atom is 0.243 e. The molecule has 1 spiro atoms. The fourth-order valence-corrected chi connectivity index (χ4v) is 5.69. The van der Waals surface area contributed by atoms with Crippen LogP contribution in [0.1, 0.15) is 29.5 Å². The van der Waals surface area contributed by atoms with Crippen LogP contribution in [0.4, 0.5) is 17.3 Å². The average molecular weight is 498 g/mol. The van der Waals surface area contributed by atoms with Crippen molar-refractivity contribution in [1.82, 2.24) is 20.5 Å². The number of benzene rings is 1. The molecule has 0 saturated carbocycles. The Morgan fingerprint density at radius 1 is 1.05 bits per heavy atom. The van der Waals surface area contributed by atoms with Crippen molar-refractivity contribution in [2.24, 2.45) is 5.92 Å². The van der Waals surface area contributed by atoms with Crippen molar-refractivity contribution in [3.05, 3.63) is 71.5 Å². The summed E-state index contributed by atoms with van der Waals surface area (Å²) in [5.74, 6) is 0.884. The SMILES string of the molecule is O=C(CNC(=O)C1CCN(c2cccnn2)CC1)Nc1ccc2c(c1)CC1(C2)C(=O)Nc2ncccc21. The molecule has 0 bridgehead atoms. The second-order valence-electron chi connectivity index (χ2n) is 9.88. The zero-order valence-corrected chi connectivity index (χ0v) is 20.2. The highest BCUT2D eigenvalue weighted by molar-refractivity contribution is 6.06. The lowest BCUT2D eigenvalue weighted by Crippen LogP contribution is -2.42. The van der Waals surface area contributed by atoms with E-state index in [1.165, 1.54) is 0 Å². The third-order valence-electron chi connectivity index (χ3n) is 7.64. The number of anilines is 3. The molecule has 3 aromatic rings. The van der Waals surface area contributed by atoms with Crippen LogP contribution in [0.5, 0.6) is 0 Å². The largest absolute Gasteiger partial charge is 0.355 e. The molecule has 1 saturated heterocycles. The van der Waals surface area contributed by atoms with Gasteiger partial charge < -0.3 is 20.9 Å². The summed E-state index contributed by atoms with van der Waals surface area (Å²) in [4.78, 5) is 44.5. The van der Waals surface area contributed by atoms with Crippen molar-refractivity contribution in [3.63, 3.8) is 0 Å². The van der Waals surface area contributed by atoms with E-state index in [0.717, 1.165) is 35.6 Å². The molecule has 2 aromatic heterocycles. The second kappa shape index (κ2) is 9.27. The number of hydrogen-bond acceptors (Lipinski definition) is 7. The summed E-state index contributed by atoms with van der Waals surface area (Å²) in [7, 11) is 0. The number of hydrogen-bond donors (Lipinski definition) is 3. The van der Waals surface area contributed by atoms with Crippen LogP contribution >= 0.6 is 0 Å². The molecule has 3 aliphatic rings. The quantitative estimate of drug-likeness (QED) is 0.490. The lowest BCUT2D eigenvalue weighted by Gasteiger charge is -2.31. The Morgan fingerprint density at radius 2 is 1.86 bits per heavy atom. The Hall–Kier alpha value is -4.34.